The zero-order valence-electron chi connectivity index (χ0n) is 14.5. The second kappa shape index (κ2) is 7.81. The molecule has 2 nitrogen and oxygen atoms in total. The molecule has 0 aliphatic carbocycles. The van der Waals surface area contributed by atoms with Crippen molar-refractivity contribution in [3.05, 3.63) is 35.9 Å². The quantitative estimate of drug-likeness (QED) is 0.446. The average Bonchev–Trinajstić information content (AvgIpc) is 2.43. The van der Waals surface area contributed by atoms with Gasteiger partial charge in [0.05, 0.1) is 0 Å². The molecule has 0 fully saturated rings. The predicted octanol–water partition coefficient (Wildman–Crippen LogP) is 5.42. The molecule has 10 heteroatoms. The molecule has 144 valence electrons. The van der Waals surface area contributed by atoms with E-state index in [1.807, 2.05) is 0 Å². The van der Waals surface area contributed by atoms with E-state index in [1.54, 1.807) is 56.5 Å². The fourth-order valence-corrected chi connectivity index (χ4v) is 13.6. The highest BCUT2D eigenvalue weighted by molar-refractivity contribution is 6.91. The number of alkyl halides is 6. The maximum absolute atomic E-state index is 12.6. The smallest absolute Gasteiger partial charge is 0.408 e. The Bertz CT molecular complexity index is 513. The third-order valence-corrected chi connectivity index (χ3v) is 13.1. The molecule has 0 unspecified atom stereocenters. The summed E-state index contributed by atoms with van der Waals surface area (Å²) in [7, 11) is -6.13. The minimum atomic E-state index is -4.50. The molecular formula is C15H22F6O2Si2. The monoisotopic (exact) mass is 404 g/mol. The van der Waals surface area contributed by atoms with Crippen LogP contribution in [0.3, 0.4) is 0 Å². The average molecular weight is 404 g/mol. The fourth-order valence-electron chi connectivity index (χ4n) is 2.99. The molecule has 0 saturated carbocycles. The van der Waals surface area contributed by atoms with Gasteiger partial charge in [0.15, 0.2) is 16.6 Å². The highest BCUT2D eigenvalue weighted by atomic mass is 28.4. The van der Waals surface area contributed by atoms with Gasteiger partial charge >= 0.3 is 12.4 Å². The fraction of sp³-hybridized carbons (Fsp3) is 0.600. The summed E-state index contributed by atoms with van der Waals surface area (Å²) < 4.78 is 85.9. The van der Waals surface area contributed by atoms with Crippen LogP contribution < -0.4 is 0 Å². The van der Waals surface area contributed by atoms with Crippen molar-refractivity contribution in [2.24, 2.45) is 0 Å². The van der Waals surface area contributed by atoms with Crippen molar-refractivity contribution in [2.75, 3.05) is 13.2 Å². The molecule has 0 aromatic heterocycles. The molecular weight excluding hydrogens is 382 g/mol. The Morgan fingerprint density at radius 1 is 0.760 bits per heavy atom. The topological polar surface area (TPSA) is 18.5 Å². The van der Waals surface area contributed by atoms with Gasteiger partial charge in [0.25, 0.3) is 0 Å². The van der Waals surface area contributed by atoms with Crippen LogP contribution in [0.15, 0.2) is 30.3 Å². The first-order valence-corrected chi connectivity index (χ1v) is 13.6. The molecule has 0 aliphatic rings. The summed E-state index contributed by atoms with van der Waals surface area (Å²) in [6.45, 7) is 3.51. The van der Waals surface area contributed by atoms with E-state index < -0.39 is 47.4 Å². The summed E-state index contributed by atoms with van der Waals surface area (Å²) in [5, 5.41) is -0.592. The SMILES string of the molecule is C[Si](C)(OCC(F)(F)F)C(c1ccccc1)[Si](C)(C)OCC(F)(F)F. The van der Waals surface area contributed by atoms with E-state index in [-0.39, 0.29) is 0 Å². The lowest BCUT2D eigenvalue weighted by Gasteiger charge is -2.41. The molecule has 0 radical (unpaired) electrons. The molecule has 0 saturated heterocycles. The van der Waals surface area contributed by atoms with Gasteiger partial charge in [-0.2, -0.15) is 26.3 Å². The third-order valence-electron chi connectivity index (χ3n) is 3.74. The molecule has 0 N–H and O–H groups in total. The standard InChI is InChI=1S/C15H22F6O2Si2/c1-24(2,22-10-14(16,17)18)13(12-8-6-5-7-9-12)25(3,4)23-11-15(19,20)21/h5-9,13H,10-11H2,1-4H3. The molecule has 0 bridgehead atoms. The predicted molar refractivity (Wildman–Crippen MR) is 88.2 cm³/mol. The second-order valence-electron chi connectivity index (χ2n) is 6.86. The minimum absolute atomic E-state index is 0.592. The summed E-state index contributed by atoms with van der Waals surface area (Å²) >= 11 is 0. The molecule has 0 atom stereocenters. The minimum Gasteiger partial charge on any atom is -0.408 e. The first-order valence-electron chi connectivity index (χ1n) is 7.60. The number of hydrogen-bond donors (Lipinski definition) is 0. The van der Waals surface area contributed by atoms with Crippen LogP contribution in [-0.4, -0.2) is 42.2 Å². The van der Waals surface area contributed by atoms with Crippen molar-refractivity contribution in [3.63, 3.8) is 0 Å². The first kappa shape index (κ1) is 22.2. The van der Waals surface area contributed by atoms with Crippen molar-refractivity contribution < 1.29 is 35.2 Å². The lowest BCUT2D eigenvalue weighted by molar-refractivity contribution is -0.156. The van der Waals surface area contributed by atoms with Crippen LogP contribution in [0.2, 0.25) is 26.2 Å². The molecule has 1 aromatic rings. The number of hydrogen-bond acceptors (Lipinski definition) is 2. The van der Waals surface area contributed by atoms with Crippen LogP contribution in [-0.2, 0) is 8.85 Å². The summed E-state index contributed by atoms with van der Waals surface area (Å²) in [4.78, 5) is 0. The Morgan fingerprint density at radius 3 is 1.44 bits per heavy atom. The molecule has 0 spiro atoms. The van der Waals surface area contributed by atoms with Gasteiger partial charge in [0.2, 0.25) is 0 Å². The Balaban J connectivity index is 3.16. The van der Waals surface area contributed by atoms with E-state index in [1.165, 1.54) is 0 Å². The van der Waals surface area contributed by atoms with Crippen molar-refractivity contribution in [1.29, 1.82) is 0 Å². The maximum Gasteiger partial charge on any atom is 0.410 e. The van der Waals surface area contributed by atoms with E-state index >= 15 is 0 Å². The van der Waals surface area contributed by atoms with Crippen LogP contribution in [0, 0.1) is 0 Å². The molecule has 1 aromatic carbocycles. The van der Waals surface area contributed by atoms with Gasteiger partial charge in [-0.15, -0.1) is 0 Å². The zero-order chi connectivity index (χ0) is 19.5. The highest BCUT2D eigenvalue weighted by Gasteiger charge is 2.50. The van der Waals surface area contributed by atoms with Crippen LogP contribution in [0.25, 0.3) is 0 Å². The van der Waals surface area contributed by atoms with Crippen molar-refractivity contribution in [1.82, 2.24) is 0 Å². The van der Waals surface area contributed by atoms with Crippen LogP contribution in [0.5, 0.6) is 0 Å². The molecule has 0 aliphatic heterocycles. The second-order valence-corrected chi connectivity index (χ2v) is 15.6. The summed E-state index contributed by atoms with van der Waals surface area (Å²) in [5.41, 5.74) is 0.653. The Morgan fingerprint density at radius 2 is 1.12 bits per heavy atom. The lowest BCUT2D eigenvalue weighted by atomic mass is 10.2. The van der Waals surface area contributed by atoms with Crippen molar-refractivity contribution in [2.45, 2.75) is 43.7 Å². The summed E-state index contributed by atoms with van der Waals surface area (Å²) in [6, 6.07) is 8.52. The van der Waals surface area contributed by atoms with E-state index in [2.05, 4.69) is 0 Å². The lowest BCUT2D eigenvalue weighted by Crippen LogP contribution is -2.55. The van der Waals surface area contributed by atoms with Gasteiger partial charge in [-0.1, -0.05) is 30.3 Å². The van der Waals surface area contributed by atoms with Gasteiger partial charge in [-0.05, 0) is 31.8 Å². The third kappa shape index (κ3) is 7.51. The number of benzene rings is 1. The van der Waals surface area contributed by atoms with Crippen molar-refractivity contribution >= 4 is 16.6 Å². The first-order chi connectivity index (χ1) is 11.1. The van der Waals surface area contributed by atoms with Crippen LogP contribution in [0.1, 0.15) is 10.7 Å². The highest BCUT2D eigenvalue weighted by Crippen LogP contribution is 2.38. The van der Waals surface area contributed by atoms with Gasteiger partial charge in [-0.25, -0.2) is 0 Å². The molecule has 25 heavy (non-hydrogen) atoms. The summed E-state index contributed by atoms with van der Waals surface area (Å²) in [6.07, 6.45) is -8.99. The van der Waals surface area contributed by atoms with Gasteiger partial charge in [-0.3, -0.25) is 0 Å². The van der Waals surface area contributed by atoms with E-state index in [9.17, 15) is 26.3 Å². The Hall–Kier alpha value is -0.846. The van der Waals surface area contributed by atoms with Gasteiger partial charge in [0.1, 0.15) is 13.2 Å². The van der Waals surface area contributed by atoms with Crippen LogP contribution in [0.4, 0.5) is 26.3 Å². The van der Waals surface area contributed by atoms with Crippen molar-refractivity contribution in [3.8, 4) is 0 Å². The Kier molecular flexibility index (Phi) is 6.93. The van der Waals surface area contributed by atoms with Crippen LogP contribution >= 0.6 is 0 Å². The van der Waals surface area contributed by atoms with Gasteiger partial charge in [0, 0.05) is 5.16 Å². The molecule has 0 amide bonds. The summed E-state index contributed by atoms with van der Waals surface area (Å²) in [5.74, 6) is 0. The van der Waals surface area contributed by atoms with E-state index in [4.69, 9.17) is 8.85 Å². The number of halogens is 6. The molecule has 1 rings (SSSR count). The number of rotatable bonds is 7. The van der Waals surface area contributed by atoms with E-state index in [0.717, 1.165) is 0 Å². The molecule has 0 heterocycles. The van der Waals surface area contributed by atoms with E-state index in [0.29, 0.717) is 5.56 Å². The van der Waals surface area contributed by atoms with Gasteiger partial charge < -0.3 is 8.85 Å². The Labute approximate surface area is 145 Å². The zero-order valence-corrected chi connectivity index (χ0v) is 16.5. The largest absolute Gasteiger partial charge is 0.410 e. The maximum atomic E-state index is 12.6. The normalized spacial score (nSPS) is 14.2.